The van der Waals surface area contributed by atoms with Gasteiger partial charge in [0.15, 0.2) is 5.82 Å². The van der Waals surface area contributed by atoms with Crippen molar-refractivity contribution >= 4 is 29.7 Å². The van der Waals surface area contributed by atoms with Crippen molar-refractivity contribution in [3.05, 3.63) is 53.1 Å². The summed E-state index contributed by atoms with van der Waals surface area (Å²) in [5, 5.41) is 26.5. The molecule has 37 heavy (non-hydrogen) atoms. The van der Waals surface area contributed by atoms with Crippen LogP contribution in [0.3, 0.4) is 0 Å². The minimum atomic E-state index is -0.476. The molecule has 1 aromatic heterocycles. The maximum absolute atomic E-state index is 14.5. The average Bonchev–Trinajstić information content (AvgIpc) is 3.16. The fourth-order valence-electron chi connectivity index (χ4n) is 5.72. The van der Waals surface area contributed by atoms with Gasteiger partial charge in [-0.3, -0.25) is 4.99 Å². The highest BCUT2D eigenvalue weighted by Gasteiger charge is 2.39. The van der Waals surface area contributed by atoms with Crippen LogP contribution in [-0.2, 0) is 0 Å². The molecule has 0 atom stereocenters. The van der Waals surface area contributed by atoms with Gasteiger partial charge in [0.2, 0.25) is 0 Å². The van der Waals surface area contributed by atoms with Gasteiger partial charge in [-0.25, -0.2) is 9.07 Å². The molecular weight excluding hydrogens is 467 g/mol. The predicted molar refractivity (Wildman–Crippen MR) is 150 cm³/mol. The van der Waals surface area contributed by atoms with E-state index in [1.54, 1.807) is 19.2 Å². The third kappa shape index (κ3) is 5.44. The predicted octanol–water partition coefficient (Wildman–Crippen LogP) is 6.51. The first kappa shape index (κ1) is 26.5. The van der Waals surface area contributed by atoms with Gasteiger partial charge in [0.1, 0.15) is 17.1 Å². The Balaban J connectivity index is 1.62. The number of phenolic OH excluding ortho intramolecular Hbond substituents is 1. The zero-order valence-corrected chi connectivity index (χ0v) is 22.8. The third-order valence-electron chi connectivity index (χ3n) is 7.08. The van der Waals surface area contributed by atoms with Crippen molar-refractivity contribution in [2.45, 2.75) is 71.5 Å². The number of benzene rings is 2. The molecule has 0 unspecified atom stereocenters. The average molecular weight is 505 g/mol. The van der Waals surface area contributed by atoms with Gasteiger partial charge >= 0.3 is 0 Å². The van der Waals surface area contributed by atoms with Gasteiger partial charge in [0, 0.05) is 23.7 Å². The Kier molecular flexibility index (Phi) is 6.99. The van der Waals surface area contributed by atoms with Gasteiger partial charge in [-0.1, -0.05) is 17.3 Å². The van der Waals surface area contributed by atoms with E-state index in [4.69, 9.17) is 0 Å². The van der Waals surface area contributed by atoms with Crippen LogP contribution in [0.2, 0.25) is 0 Å². The summed E-state index contributed by atoms with van der Waals surface area (Å²) in [5.41, 5.74) is 5.35. The number of nitrogens with one attached hydrogen (secondary N) is 2. The highest BCUT2D eigenvalue weighted by Crippen LogP contribution is 2.38. The van der Waals surface area contributed by atoms with Crippen LogP contribution in [0.5, 0.6) is 5.75 Å². The number of phenols is 1. The van der Waals surface area contributed by atoms with Crippen molar-refractivity contribution in [3.8, 4) is 16.9 Å². The lowest BCUT2D eigenvalue weighted by atomic mass is 9.79. The molecule has 1 aliphatic heterocycles. The molecule has 3 N–H and O–H groups in total. The lowest BCUT2D eigenvalue weighted by Crippen LogP contribution is -2.58. The van der Waals surface area contributed by atoms with E-state index < -0.39 is 5.82 Å². The van der Waals surface area contributed by atoms with E-state index in [0.717, 1.165) is 29.8 Å². The number of aliphatic imine (C=N–C) groups is 1. The highest BCUT2D eigenvalue weighted by atomic mass is 19.1. The van der Waals surface area contributed by atoms with Crippen LogP contribution in [0.25, 0.3) is 22.8 Å². The first-order chi connectivity index (χ1) is 17.3. The largest absolute Gasteiger partial charge is 0.507 e. The summed E-state index contributed by atoms with van der Waals surface area (Å²) < 4.78 is 16.6. The van der Waals surface area contributed by atoms with Crippen molar-refractivity contribution in [2.24, 2.45) is 4.99 Å². The molecule has 2 aromatic carbocycles. The number of rotatable bonds is 6. The molecule has 1 aliphatic rings. The molecule has 2 heterocycles. The lowest BCUT2D eigenvalue weighted by Gasteiger charge is -2.46. The molecule has 0 bridgehead atoms. The molecule has 0 spiro atoms. The third-order valence-corrected chi connectivity index (χ3v) is 7.08. The second-order valence-electron chi connectivity index (χ2n) is 11.3. The zero-order valence-electron chi connectivity index (χ0n) is 22.8. The van der Waals surface area contributed by atoms with E-state index in [2.05, 4.69) is 60.4 Å². The molecule has 1 saturated heterocycles. The normalized spacial score (nSPS) is 17.6. The fraction of sp³-hybridized carbons (Fsp3) is 0.414. The van der Waals surface area contributed by atoms with E-state index in [-0.39, 0.29) is 28.6 Å². The smallest absolute Gasteiger partial charge is 0.151 e. The number of anilines is 1. The molecule has 0 radical (unpaired) electrons. The molecule has 196 valence electrons. The standard InChI is InChI=1S/C29H37FN6O/c1-17(11-24-18(2)36(35-33-24)21-15-28(3,4)34-29(5,6)16-21)22-10-9-19(14-26(22)37)20-12-23(30)27(32-8)25(13-20)31-7/h9-14,21,31,34,37H,8,15-16H2,1-7H3/b17-11+. The Hall–Kier alpha value is -3.52. The van der Waals surface area contributed by atoms with E-state index in [9.17, 15) is 9.50 Å². The van der Waals surface area contributed by atoms with Crippen LogP contribution >= 0.6 is 0 Å². The Bertz CT molecular complexity index is 1350. The van der Waals surface area contributed by atoms with E-state index in [1.807, 2.05) is 36.7 Å². The highest BCUT2D eigenvalue weighted by molar-refractivity contribution is 5.84. The minimum Gasteiger partial charge on any atom is -0.507 e. The topological polar surface area (TPSA) is 87.4 Å². The van der Waals surface area contributed by atoms with Gasteiger partial charge in [0.25, 0.3) is 0 Å². The lowest BCUT2D eigenvalue weighted by molar-refractivity contribution is 0.124. The fourth-order valence-corrected chi connectivity index (χ4v) is 5.72. The van der Waals surface area contributed by atoms with Gasteiger partial charge in [-0.05, 0) is 102 Å². The maximum atomic E-state index is 14.5. The Morgan fingerprint density at radius 2 is 1.86 bits per heavy atom. The first-order valence-corrected chi connectivity index (χ1v) is 12.6. The van der Waals surface area contributed by atoms with Gasteiger partial charge < -0.3 is 15.7 Å². The zero-order chi connectivity index (χ0) is 27.1. The molecule has 4 rings (SSSR count). The van der Waals surface area contributed by atoms with Crippen LogP contribution in [0.1, 0.15) is 70.5 Å². The van der Waals surface area contributed by atoms with Gasteiger partial charge in [-0.15, -0.1) is 5.10 Å². The number of halogens is 1. The molecule has 7 nitrogen and oxygen atoms in total. The number of hydrogen-bond donors (Lipinski definition) is 3. The quantitative estimate of drug-likeness (QED) is 0.333. The number of aromatic nitrogens is 3. The first-order valence-electron chi connectivity index (χ1n) is 12.6. The molecule has 0 saturated carbocycles. The minimum absolute atomic E-state index is 0.00362. The van der Waals surface area contributed by atoms with Crippen LogP contribution in [0, 0.1) is 12.7 Å². The summed E-state index contributed by atoms with van der Waals surface area (Å²) in [7, 11) is 1.70. The van der Waals surface area contributed by atoms with Crippen LogP contribution in [-0.4, -0.2) is 44.9 Å². The van der Waals surface area contributed by atoms with Crippen molar-refractivity contribution in [2.75, 3.05) is 12.4 Å². The van der Waals surface area contributed by atoms with Crippen molar-refractivity contribution in [1.29, 1.82) is 0 Å². The molecule has 8 heteroatoms. The number of piperidine rings is 1. The summed E-state index contributed by atoms with van der Waals surface area (Å²) in [4.78, 5) is 3.76. The number of allylic oxidation sites excluding steroid dienone is 1. The van der Waals surface area contributed by atoms with E-state index in [0.29, 0.717) is 22.4 Å². The van der Waals surface area contributed by atoms with E-state index in [1.165, 1.54) is 6.07 Å². The molecule has 0 aliphatic carbocycles. The Morgan fingerprint density at radius 3 is 2.46 bits per heavy atom. The van der Waals surface area contributed by atoms with Gasteiger partial charge in [-0.2, -0.15) is 0 Å². The number of aromatic hydroxyl groups is 1. The van der Waals surface area contributed by atoms with Gasteiger partial charge in [0.05, 0.1) is 17.4 Å². The molecule has 0 amide bonds. The van der Waals surface area contributed by atoms with Crippen LogP contribution < -0.4 is 10.6 Å². The van der Waals surface area contributed by atoms with Crippen molar-refractivity contribution in [1.82, 2.24) is 20.3 Å². The second kappa shape index (κ2) is 9.74. The van der Waals surface area contributed by atoms with Crippen molar-refractivity contribution in [3.63, 3.8) is 0 Å². The number of nitrogens with zero attached hydrogens (tertiary/aromatic N) is 4. The summed E-state index contributed by atoms with van der Waals surface area (Å²) in [6.07, 6.45) is 3.88. The van der Waals surface area contributed by atoms with Crippen LogP contribution in [0.15, 0.2) is 35.3 Å². The monoisotopic (exact) mass is 504 g/mol. The molecular formula is C29H37FN6O. The van der Waals surface area contributed by atoms with Crippen LogP contribution in [0.4, 0.5) is 15.8 Å². The Labute approximate surface area is 218 Å². The summed E-state index contributed by atoms with van der Waals surface area (Å²) in [6, 6.07) is 8.78. The summed E-state index contributed by atoms with van der Waals surface area (Å²) >= 11 is 0. The Morgan fingerprint density at radius 1 is 1.19 bits per heavy atom. The second-order valence-corrected chi connectivity index (χ2v) is 11.3. The molecule has 1 fully saturated rings. The summed E-state index contributed by atoms with van der Waals surface area (Å²) in [6.45, 7) is 16.3. The SMILES string of the molecule is C=Nc1c(F)cc(-c2ccc(/C(C)=C/c3nnn(C4CC(C)(C)NC(C)(C)C4)c3C)c(O)c2)cc1NC. The molecule has 3 aromatic rings. The van der Waals surface area contributed by atoms with Crippen molar-refractivity contribution < 1.29 is 9.50 Å². The summed E-state index contributed by atoms with van der Waals surface area (Å²) in [5.74, 6) is -0.369. The maximum Gasteiger partial charge on any atom is 0.151 e. The van der Waals surface area contributed by atoms with E-state index >= 15 is 0 Å². The number of hydrogen-bond acceptors (Lipinski definition) is 6.